The minimum atomic E-state index is -4.60. The number of hydrogen-bond acceptors (Lipinski definition) is 4. The van der Waals surface area contributed by atoms with Gasteiger partial charge in [-0.3, -0.25) is 4.98 Å². The first kappa shape index (κ1) is 19.7. The van der Waals surface area contributed by atoms with Crippen LogP contribution < -0.4 is 0 Å². The first-order valence-electron chi connectivity index (χ1n) is 9.63. The molecule has 1 aliphatic carbocycles. The highest BCUT2D eigenvalue weighted by Gasteiger charge is 2.38. The second kappa shape index (κ2) is 7.49. The van der Waals surface area contributed by atoms with Crippen LogP contribution in [-0.4, -0.2) is 29.9 Å². The van der Waals surface area contributed by atoms with E-state index in [-0.39, 0.29) is 11.3 Å². The molecule has 0 unspecified atom stereocenters. The van der Waals surface area contributed by atoms with Gasteiger partial charge >= 0.3 is 6.18 Å². The lowest BCUT2D eigenvalue weighted by Gasteiger charge is -2.12. The lowest BCUT2D eigenvalue weighted by molar-refractivity contribution is -0.140. The zero-order valence-corrected chi connectivity index (χ0v) is 16.8. The number of aromatic nitrogens is 6. The molecule has 5 rings (SSSR count). The number of H-pyrrole nitrogens is 1. The number of alkyl halides is 3. The standard InChI is InChI=1S/C21H16ClF3N6/c22-15-4-3-12-1-2-14(16(12)8-15)9-31-10-18(27-11-31)17-7-13(5-6-26-17)19-20(21(23,24)25)29-30-28-19/h3-8,10-11,14H,1-2,9H2,(H,28,29,30)/t14-/m0/s1. The number of benzene rings is 1. The van der Waals surface area contributed by atoms with Crippen LogP contribution in [0.2, 0.25) is 5.02 Å². The van der Waals surface area contributed by atoms with E-state index < -0.39 is 11.9 Å². The number of hydrogen-bond donors (Lipinski definition) is 1. The van der Waals surface area contributed by atoms with Crippen LogP contribution in [0.5, 0.6) is 0 Å². The molecule has 3 aromatic heterocycles. The molecular formula is C21H16ClF3N6. The van der Waals surface area contributed by atoms with Crippen LogP contribution in [0.3, 0.4) is 0 Å². The number of rotatable bonds is 4. The van der Waals surface area contributed by atoms with Crippen molar-refractivity contribution in [2.45, 2.75) is 31.5 Å². The Balaban J connectivity index is 1.40. The quantitative estimate of drug-likeness (QED) is 0.473. The molecule has 1 atom stereocenters. The van der Waals surface area contributed by atoms with E-state index >= 15 is 0 Å². The molecule has 0 aliphatic heterocycles. The molecule has 0 saturated heterocycles. The Hall–Kier alpha value is -3.20. The summed E-state index contributed by atoms with van der Waals surface area (Å²) < 4.78 is 41.4. The van der Waals surface area contributed by atoms with Gasteiger partial charge in [-0.25, -0.2) is 4.98 Å². The van der Waals surface area contributed by atoms with Gasteiger partial charge in [0.05, 0.1) is 12.0 Å². The molecule has 0 saturated carbocycles. The summed E-state index contributed by atoms with van der Waals surface area (Å²) in [5.41, 5.74) is 2.54. The molecule has 0 spiro atoms. The summed E-state index contributed by atoms with van der Waals surface area (Å²) in [6, 6.07) is 9.01. The van der Waals surface area contributed by atoms with Crippen LogP contribution in [0, 0.1) is 0 Å². The van der Waals surface area contributed by atoms with E-state index in [9.17, 15) is 13.2 Å². The summed E-state index contributed by atoms with van der Waals surface area (Å²) in [7, 11) is 0. The monoisotopic (exact) mass is 444 g/mol. The van der Waals surface area contributed by atoms with E-state index in [2.05, 4.69) is 26.2 Å². The maximum absolute atomic E-state index is 13.2. The van der Waals surface area contributed by atoms with Crippen molar-refractivity contribution < 1.29 is 13.2 Å². The van der Waals surface area contributed by atoms with Crippen LogP contribution in [0.1, 0.15) is 29.2 Å². The third-order valence-corrected chi connectivity index (χ3v) is 5.72. The zero-order valence-electron chi connectivity index (χ0n) is 16.1. The summed E-state index contributed by atoms with van der Waals surface area (Å²) >= 11 is 6.16. The van der Waals surface area contributed by atoms with Gasteiger partial charge in [0.2, 0.25) is 0 Å². The molecule has 0 radical (unpaired) electrons. The van der Waals surface area contributed by atoms with Crippen LogP contribution in [0.4, 0.5) is 13.2 Å². The fraction of sp³-hybridized carbons (Fsp3) is 0.238. The van der Waals surface area contributed by atoms with E-state index in [1.165, 1.54) is 29.5 Å². The lowest BCUT2D eigenvalue weighted by Crippen LogP contribution is -2.07. The third-order valence-electron chi connectivity index (χ3n) is 5.49. The van der Waals surface area contributed by atoms with Gasteiger partial charge in [-0.05, 0) is 48.2 Å². The molecule has 1 N–H and O–H groups in total. The maximum atomic E-state index is 13.2. The van der Waals surface area contributed by atoms with Gasteiger partial charge in [0.15, 0.2) is 5.69 Å². The third kappa shape index (κ3) is 3.81. The number of aromatic amines is 1. The largest absolute Gasteiger partial charge is 0.437 e. The fourth-order valence-electron chi connectivity index (χ4n) is 4.04. The van der Waals surface area contributed by atoms with Crippen molar-refractivity contribution in [3.05, 3.63) is 70.9 Å². The second-order valence-corrected chi connectivity index (χ2v) is 7.92. The van der Waals surface area contributed by atoms with Crippen LogP contribution in [-0.2, 0) is 19.1 Å². The van der Waals surface area contributed by atoms with E-state index in [1.807, 2.05) is 28.1 Å². The summed E-state index contributed by atoms with van der Waals surface area (Å²) in [4.78, 5) is 8.68. The highest BCUT2D eigenvalue weighted by molar-refractivity contribution is 6.30. The predicted molar refractivity (Wildman–Crippen MR) is 108 cm³/mol. The number of nitrogens with zero attached hydrogens (tertiary/aromatic N) is 5. The average Bonchev–Trinajstić information content (AvgIpc) is 3.48. The average molecular weight is 445 g/mol. The smallest absolute Gasteiger partial charge is 0.336 e. The van der Waals surface area contributed by atoms with Gasteiger partial charge in [-0.1, -0.05) is 17.7 Å². The first-order chi connectivity index (χ1) is 14.9. The van der Waals surface area contributed by atoms with Gasteiger partial charge < -0.3 is 4.57 Å². The molecule has 4 aromatic rings. The number of nitrogens with one attached hydrogen (secondary N) is 1. The molecular weight excluding hydrogens is 429 g/mol. The summed E-state index contributed by atoms with van der Waals surface area (Å²) in [5, 5.41) is 9.69. The van der Waals surface area contributed by atoms with Crippen molar-refractivity contribution >= 4 is 11.6 Å². The van der Waals surface area contributed by atoms with Crippen molar-refractivity contribution in [2.24, 2.45) is 0 Å². The Morgan fingerprint density at radius 1 is 1.10 bits per heavy atom. The number of pyridine rings is 1. The Labute approximate surface area is 180 Å². The van der Waals surface area contributed by atoms with Crippen molar-refractivity contribution in [1.82, 2.24) is 29.9 Å². The molecule has 6 nitrogen and oxygen atoms in total. The molecule has 0 fully saturated rings. The van der Waals surface area contributed by atoms with Gasteiger partial charge in [0, 0.05) is 35.4 Å². The molecule has 10 heteroatoms. The van der Waals surface area contributed by atoms with Crippen molar-refractivity contribution in [1.29, 1.82) is 0 Å². The fourth-order valence-corrected chi connectivity index (χ4v) is 4.22. The number of imidazole rings is 1. The number of aryl methyl sites for hydroxylation is 1. The highest BCUT2D eigenvalue weighted by Crippen LogP contribution is 2.37. The molecule has 31 heavy (non-hydrogen) atoms. The Bertz CT molecular complexity index is 1250. The van der Waals surface area contributed by atoms with E-state index in [0.29, 0.717) is 17.3 Å². The minimum Gasteiger partial charge on any atom is -0.336 e. The first-order valence-corrected chi connectivity index (χ1v) is 10.0. The number of halogens is 4. The Morgan fingerprint density at radius 3 is 2.81 bits per heavy atom. The minimum absolute atomic E-state index is 0.264. The van der Waals surface area contributed by atoms with Gasteiger partial charge in [0.25, 0.3) is 0 Å². The van der Waals surface area contributed by atoms with Crippen molar-refractivity contribution in [3.63, 3.8) is 0 Å². The SMILES string of the molecule is FC(F)(F)c1n[nH]nc1-c1ccnc(-c2cn(C[C@@H]3CCc4ccc(Cl)cc43)cn2)c1. The lowest BCUT2D eigenvalue weighted by atomic mass is 10.0. The molecule has 0 bridgehead atoms. The highest BCUT2D eigenvalue weighted by atomic mass is 35.5. The van der Waals surface area contributed by atoms with Gasteiger partial charge in [0.1, 0.15) is 11.4 Å². The molecule has 1 aromatic carbocycles. The molecule has 0 amide bonds. The second-order valence-electron chi connectivity index (χ2n) is 7.48. The summed E-state index contributed by atoms with van der Waals surface area (Å²) in [5.74, 6) is 0.333. The maximum Gasteiger partial charge on any atom is 0.437 e. The summed E-state index contributed by atoms with van der Waals surface area (Å²) in [6.45, 7) is 0.738. The van der Waals surface area contributed by atoms with E-state index in [4.69, 9.17) is 11.6 Å². The van der Waals surface area contributed by atoms with E-state index in [0.717, 1.165) is 24.4 Å². The van der Waals surface area contributed by atoms with Crippen molar-refractivity contribution in [3.8, 4) is 22.6 Å². The Morgan fingerprint density at radius 2 is 1.97 bits per heavy atom. The van der Waals surface area contributed by atoms with Crippen molar-refractivity contribution in [2.75, 3.05) is 0 Å². The Kier molecular flexibility index (Phi) is 4.77. The number of fused-ring (bicyclic) bond motifs is 1. The van der Waals surface area contributed by atoms with Crippen LogP contribution in [0.15, 0.2) is 49.1 Å². The normalized spacial score (nSPS) is 15.9. The van der Waals surface area contributed by atoms with Crippen LogP contribution in [0.25, 0.3) is 22.6 Å². The zero-order chi connectivity index (χ0) is 21.6. The van der Waals surface area contributed by atoms with Crippen LogP contribution >= 0.6 is 11.6 Å². The molecule has 3 heterocycles. The predicted octanol–water partition coefficient (Wildman–Crippen LogP) is 5.13. The molecule has 1 aliphatic rings. The topological polar surface area (TPSA) is 72.3 Å². The van der Waals surface area contributed by atoms with Gasteiger partial charge in [-0.2, -0.15) is 28.6 Å². The van der Waals surface area contributed by atoms with E-state index in [1.54, 1.807) is 6.33 Å². The summed E-state index contributed by atoms with van der Waals surface area (Å²) in [6.07, 6.45) is 2.44. The molecule has 158 valence electrons. The van der Waals surface area contributed by atoms with Gasteiger partial charge in [-0.15, -0.1) is 0 Å².